The van der Waals surface area contributed by atoms with Crippen LogP contribution < -0.4 is 14.4 Å². The molecule has 0 spiro atoms. The smallest absolute Gasteiger partial charge is 0.265 e. The van der Waals surface area contributed by atoms with Gasteiger partial charge in [0.1, 0.15) is 18.1 Å². The number of nitrogens with zero attached hydrogens (tertiary/aromatic N) is 5. The first kappa shape index (κ1) is 21.5. The average molecular weight is 458 g/mol. The molecule has 1 amide bonds. The van der Waals surface area contributed by atoms with Crippen molar-refractivity contribution in [2.45, 2.75) is 13.0 Å². The lowest BCUT2D eigenvalue weighted by molar-refractivity contribution is 0.0668. The third kappa shape index (κ3) is 4.42. The van der Waals surface area contributed by atoms with Crippen LogP contribution in [-0.4, -0.2) is 98.2 Å². The Morgan fingerprint density at radius 1 is 1.00 bits per heavy atom. The van der Waals surface area contributed by atoms with E-state index in [-0.39, 0.29) is 5.91 Å². The molecule has 3 aliphatic rings. The number of thiazole rings is 1. The number of carbonyl (C=O) groups excluding carboxylic acids is 1. The number of piperazine rings is 2. The van der Waals surface area contributed by atoms with E-state index in [2.05, 4.69) is 45.8 Å². The number of anilines is 1. The maximum atomic E-state index is 12.8. The second-order valence-electron chi connectivity index (χ2n) is 8.70. The zero-order valence-electron chi connectivity index (χ0n) is 18.8. The van der Waals surface area contributed by atoms with Crippen LogP contribution in [0.5, 0.6) is 11.5 Å². The minimum Gasteiger partial charge on any atom is -0.486 e. The predicted molar refractivity (Wildman–Crippen MR) is 125 cm³/mol. The van der Waals surface area contributed by atoms with Crippen molar-refractivity contribution in [1.29, 1.82) is 0 Å². The molecule has 3 aliphatic heterocycles. The van der Waals surface area contributed by atoms with Gasteiger partial charge in [-0.3, -0.25) is 9.69 Å². The highest BCUT2D eigenvalue weighted by Crippen LogP contribution is 2.34. The SMILES string of the molecule is C[C@H](c1ccc2c(c1)OCCO2)N1CCN(c2ncc(C(=O)N3CCN(C)CC3)s2)CC1. The van der Waals surface area contributed by atoms with E-state index in [4.69, 9.17) is 9.47 Å². The molecule has 2 fully saturated rings. The molecule has 4 heterocycles. The summed E-state index contributed by atoms with van der Waals surface area (Å²) in [6, 6.07) is 6.58. The number of carbonyl (C=O) groups is 1. The summed E-state index contributed by atoms with van der Waals surface area (Å²) < 4.78 is 11.4. The number of rotatable bonds is 4. The molecule has 1 aromatic heterocycles. The Kier molecular flexibility index (Phi) is 6.21. The highest BCUT2D eigenvalue weighted by molar-refractivity contribution is 7.17. The Morgan fingerprint density at radius 3 is 2.47 bits per heavy atom. The summed E-state index contributed by atoms with van der Waals surface area (Å²) in [5.41, 5.74) is 1.25. The maximum Gasteiger partial charge on any atom is 0.265 e. The van der Waals surface area contributed by atoms with Crippen molar-refractivity contribution in [2.75, 3.05) is 77.5 Å². The van der Waals surface area contributed by atoms with Crippen LogP contribution >= 0.6 is 11.3 Å². The Labute approximate surface area is 193 Å². The fraction of sp³-hybridized carbons (Fsp3) is 0.565. The first-order valence-corrected chi connectivity index (χ1v) is 12.2. The molecule has 8 nitrogen and oxygen atoms in total. The fourth-order valence-corrected chi connectivity index (χ4v) is 5.44. The molecule has 1 atom stereocenters. The molecule has 0 radical (unpaired) electrons. The molecule has 0 bridgehead atoms. The number of benzene rings is 1. The molecule has 0 N–H and O–H groups in total. The van der Waals surface area contributed by atoms with E-state index in [1.165, 1.54) is 16.9 Å². The predicted octanol–water partition coefficient (Wildman–Crippen LogP) is 2.19. The highest BCUT2D eigenvalue weighted by Gasteiger charge is 2.27. The molecule has 0 unspecified atom stereocenters. The lowest BCUT2D eigenvalue weighted by Gasteiger charge is -2.38. The maximum absolute atomic E-state index is 12.8. The van der Waals surface area contributed by atoms with Crippen LogP contribution in [0.2, 0.25) is 0 Å². The van der Waals surface area contributed by atoms with Gasteiger partial charge in [-0.2, -0.15) is 0 Å². The zero-order valence-corrected chi connectivity index (χ0v) is 19.6. The van der Waals surface area contributed by atoms with E-state index >= 15 is 0 Å². The normalized spacial score (nSPS) is 20.9. The Bertz CT molecular complexity index is 951. The molecule has 172 valence electrons. The van der Waals surface area contributed by atoms with Gasteiger partial charge in [-0.25, -0.2) is 4.98 Å². The van der Waals surface area contributed by atoms with Crippen molar-refractivity contribution in [2.24, 2.45) is 0 Å². The van der Waals surface area contributed by atoms with Crippen LogP contribution in [0.25, 0.3) is 0 Å². The van der Waals surface area contributed by atoms with E-state index in [0.717, 1.165) is 73.9 Å². The lowest BCUT2D eigenvalue weighted by atomic mass is 10.1. The van der Waals surface area contributed by atoms with Crippen LogP contribution in [0.1, 0.15) is 28.2 Å². The topological polar surface area (TPSA) is 61.4 Å². The third-order valence-corrected chi connectivity index (χ3v) is 7.72. The van der Waals surface area contributed by atoms with Gasteiger partial charge in [0, 0.05) is 58.4 Å². The van der Waals surface area contributed by atoms with Crippen LogP contribution in [-0.2, 0) is 0 Å². The second-order valence-corrected chi connectivity index (χ2v) is 9.71. The molecule has 0 aliphatic carbocycles. The first-order chi connectivity index (χ1) is 15.6. The number of amides is 1. The van der Waals surface area contributed by atoms with E-state index in [1.54, 1.807) is 6.20 Å². The van der Waals surface area contributed by atoms with Gasteiger partial charge in [-0.05, 0) is 31.7 Å². The van der Waals surface area contributed by atoms with Gasteiger partial charge in [0.2, 0.25) is 0 Å². The van der Waals surface area contributed by atoms with Crippen LogP contribution in [0.15, 0.2) is 24.4 Å². The fourth-order valence-electron chi connectivity index (χ4n) is 4.51. The summed E-state index contributed by atoms with van der Waals surface area (Å²) in [6.07, 6.45) is 1.75. The molecular weight excluding hydrogens is 426 g/mol. The Hall–Kier alpha value is -2.36. The largest absolute Gasteiger partial charge is 0.486 e. The van der Waals surface area contributed by atoms with E-state index in [9.17, 15) is 4.79 Å². The van der Waals surface area contributed by atoms with Crippen LogP contribution in [0.4, 0.5) is 5.13 Å². The van der Waals surface area contributed by atoms with Crippen LogP contribution in [0, 0.1) is 0 Å². The van der Waals surface area contributed by atoms with Gasteiger partial charge in [0.05, 0.1) is 6.20 Å². The van der Waals surface area contributed by atoms with Crippen molar-refractivity contribution in [3.8, 4) is 11.5 Å². The first-order valence-electron chi connectivity index (χ1n) is 11.4. The standard InChI is InChI=1S/C23H31N5O3S/c1-17(18-3-4-19-20(15-18)31-14-13-30-19)26-9-11-28(12-10-26)23-24-16-21(32-23)22(29)27-7-5-25(2)6-8-27/h3-4,15-17H,5-14H2,1-2H3/t17-/m1/s1. The summed E-state index contributed by atoms with van der Waals surface area (Å²) in [5.74, 6) is 1.80. The van der Waals surface area contributed by atoms with E-state index in [0.29, 0.717) is 19.3 Å². The molecule has 32 heavy (non-hydrogen) atoms. The summed E-state index contributed by atoms with van der Waals surface area (Å²) in [4.78, 5) is 27.2. The Balaban J connectivity index is 1.18. The van der Waals surface area contributed by atoms with E-state index < -0.39 is 0 Å². The van der Waals surface area contributed by atoms with Gasteiger partial charge >= 0.3 is 0 Å². The molecule has 0 saturated carbocycles. The van der Waals surface area contributed by atoms with Crippen molar-refractivity contribution in [3.05, 3.63) is 34.8 Å². The van der Waals surface area contributed by atoms with Gasteiger partial charge in [0.15, 0.2) is 16.6 Å². The number of fused-ring (bicyclic) bond motifs is 1. The quantitative estimate of drug-likeness (QED) is 0.697. The molecule has 1 aromatic carbocycles. The van der Waals surface area contributed by atoms with Crippen molar-refractivity contribution in [3.63, 3.8) is 0 Å². The van der Waals surface area contributed by atoms with Crippen molar-refractivity contribution in [1.82, 2.24) is 19.7 Å². The molecule has 2 saturated heterocycles. The van der Waals surface area contributed by atoms with E-state index in [1.807, 2.05) is 11.0 Å². The summed E-state index contributed by atoms with van der Waals surface area (Å²) >= 11 is 1.52. The summed E-state index contributed by atoms with van der Waals surface area (Å²) in [6.45, 7) is 10.6. The van der Waals surface area contributed by atoms with Crippen LogP contribution in [0.3, 0.4) is 0 Å². The number of aromatic nitrogens is 1. The summed E-state index contributed by atoms with van der Waals surface area (Å²) in [7, 11) is 2.10. The minimum absolute atomic E-state index is 0.118. The molecule has 5 rings (SSSR count). The Morgan fingerprint density at radius 2 is 1.72 bits per heavy atom. The van der Waals surface area contributed by atoms with Gasteiger partial charge in [0.25, 0.3) is 5.91 Å². The monoisotopic (exact) mass is 457 g/mol. The number of hydrogen-bond acceptors (Lipinski definition) is 8. The average Bonchev–Trinajstić information content (AvgIpc) is 3.34. The molecule has 9 heteroatoms. The van der Waals surface area contributed by atoms with Gasteiger partial charge in [-0.15, -0.1) is 0 Å². The number of likely N-dealkylation sites (N-methyl/N-ethyl adjacent to an activating group) is 1. The summed E-state index contributed by atoms with van der Waals surface area (Å²) in [5, 5.41) is 0.953. The number of hydrogen-bond donors (Lipinski definition) is 0. The molecular formula is C23H31N5O3S. The number of ether oxygens (including phenoxy) is 2. The van der Waals surface area contributed by atoms with Gasteiger partial charge in [-0.1, -0.05) is 17.4 Å². The van der Waals surface area contributed by atoms with Crippen molar-refractivity contribution >= 4 is 22.4 Å². The molecule has 2 aromatic rings. The second kappa shape index (κ2) is 9.25. The highest BCUT2D eigenvalue weighted by atomic mass is 32.1. The van der Waals surface area contributed by atoms with Crippen molar-refractivity contribution < 1.29 is 14.3 Å². The van der Waals surface area contributed by atoms with Gasteiger partial charge < -0.3 is 24.2 Å². The lowest BCUT2D eigenvalue weighted by Crippen LogP contribution is -2.47. The third-order valence-electron chi connectivity index (χ3n) is 6.68. The zero-order chi connectivity index (χ0) is 22.1. The minimum atomic E-state index is 0.118.